The van der Waals surface area contributed by atoms with E-state index in [0.717, 1.165) is 24.3 Å². The van der Waals surface area contributed by atoms with E-state index >= 15 is 0 Å². The summed E-state index contributed by atoms with van der Waals surface area (Å²) in [5.41, 5.74) is 2.31. The lowest BCUT2D eigenvalue weighted by Crippen LogP contribution is -2.41. The van der Waals surface area contributed by atoms with E-state index in [2.05, 4.69) is 10.6 Å². The summed E-state index contributed by atoms with van der Waals surface area (Å²) in [7, 11) is 0. The molecule has 1 aromatic carbocycles. The maximum absolute atomic E-state index is 12.4. The van der Waals surface area contributed by atoms with Crippen molar-refractivity contribution in [2.45, 2.75) is 37.8 Å². The van der Waals surface area contributed by atoms with Crippen molar-refractivity contribution < 1.29 is 14.3 Å². The van der Waals surface area contributed by atoms with Crippen molar-refractivity contribution in [2.75, 3.05) is 11.9 Å². The predicted molar refractivity (Wildman–Crippen MR) is 77.1 cm³/mol. The second-order valence-electron chi connectivity index (χ2n) is 6.14. The third-order valence-corrected chi connectivity index (χ3v) is 4.54. The topological polar surface area (TPSA) is 67.4 Å². The molecular formula is C16H18N2O3. The quantitative estimate of drug-likeness (QED) is 0.884. The van der Waals surface area contributed by atoms with Gasteiger partial charge < -0.3 is 15.4 Å². The summed E-state index contributed by atoms with van der Waals surface area (Å²) in [6, 6.07) is 5.52. The Morgan fingerprint density at radius 1 is 1.29 bits per heavy atom. The minimum Gasteiger partial charge on any atom is -0.376 e. The van der Waals surface area contributed by atoms with Crippen LogP contribution >= 0.6 is 0 Å². The van der Waals surface area contributed by atoms with Crippen LogP contribution in [0.4, 0.5) is 5.69 Å². The number of nitrogens with one attached hydrogen (secondary N) is 2. The Morgan fingerprint density at radius 2 is 2.14 bits per heavy atom. The zero-order chi connectivity index (χ0) is 14.4. The van der Waals surface area contributed by atoms with E-state index in [4.69, 9.17) is 4.74 Å². The maximum Gasteiger partial charge on any atom is 0.251 e. The molecule has 1 aliphatic carbocycles. The number of ether oxygens (including phenoxy) is 1. The minimum absolute atomic E-state index is 0.0134. The van der Waals surface area contributed by atoms with Gasteiger partial charge in [-0.05, 0) is 42.9 Å². The van der Waals surface area contributed by atoms with Crippen molar-refractivity contribution in [3.8, 4) is 0 Å². The monoisotopic (exact) mass is 286 g/mol. The molecule has 0 bridgehead atoms. The Bertz CT molecular complexity index is 610. The molecule has 2 unspecified atom stereocenters. The number of hydrogen-bond donors (Lipinski definition) is 2. The smallest absolute Gasteiger partial charge is 0.251 e. The zero-order valence-corrected chi connectivity index (χ0v) is 11.7. The number of rotatable bonds is 3. The Balaban J connectivity index is 1.47. The zero-order valence-electron chi connectivity index (χ0n) is 11.7. The van der Waals surface area contributed by atoms with E-state index in [1.54, 1.807) is 12.1 Å². The van der Waals surface area contributed by atoms with Gasteiger partial charge in [-0.25, -0.2) is 0 Å². The van der Waals surface area contributed by atoms with Gasteiger partial charge in [0.25, 0.3) is 5.91 Å². The van der Waals surface area contributed by atoms with Gasteiger partial charge in [-0.15, -0.1) is 0 Å². The van der Waals surface area contributed by atoms with Crippen LogP contribution in [0, 0.1) is 5.92 Å². The summed E-state index contributed by atoms with van der Waals surface area (Å²) in [6.45, 7) is 0.729. The molecule has 2 atom stereocenters. The molecule has 2 aliphatic heterocycles. The first-order valence-corrected chi connectivity index (χ1v) is 7.56. The van der Waals surface area contributed by atoms with Crippen LogP contribution in [-0.4, -0.2) is 30.6 Å². The van der Waals surface area contributed by atoms with Gasteiger partial charge in [0, 0.05) is 17.9 Å². The molecular weight excluding hydrogens is 268 g/mol. The summed E-state index contributed by atoms with van der Waals surface area (Å²) < 4.78 is 5.74. The Hall–Kier alpha value is -1.88. The lowest BCUT2D eigenvalue weighted by Gasteiger charge is -2.19. The van der Waals surface area contributed by atoms with Gasteiger partial charge >= 0.3 is 0 Å². The molecule has 5 nitrogen and oxygen atoms in total. The molecule has 2 fully saturated rings. The molecule has 5 heteroatoms. The van der Waals surface area contributed by atoms with Crippen molar-refractivity contribution in [1.82, 2.24) is 5.32 Å². The molecule has 0 spiro atoms. The van der Waals surface area contributed by atoms with Crippen molar-refractivity contribution in [3.63, 3.8) is 0 Å². The molecule has 1 saturated carbocycles. The summed E-state index contributed by atoms with van der Waals surface area (Å²) in [4.78, 5) is 23.7. The van der Waals surface area contributed by atoms with E-state index in [0.29, 0.717) is 17.9 Å². The number of hydrogen-bond acceptors (Lipinski definition) is 3. The van der Waals surface area contributed by atoms with E-state index in [1.807, 2.05) is 6.07 Å². The van der Waals surface area contributed by atoms with Gasteiger partial charge in [0.15, 0.2) is 0 Å². The molecule has 21 heavy (non-hydrogen) atoms. The molecule has 2 heterocycles. The number of anilines is 1. The van der Waals surface area contributed by atoms with E-state index in [9.17, 15) is 9.59 Å². The lowest BCUT2D eigenvalue weighted by molar-refractivity contribution is -0.115. The second-order valence-corrected chi connectivity index (χ2v) is 6.14. The third-order valence-electron chi connectivity index (χ3n) is 4.54. The van der Waals surface area contributed by atoms with Crippen LogP contribution in [0.2, 0.25) is 0 Å². The summed E-state index contributed by atoms with van der Waals surface area (Å²) in [5, 5.41) is 5.87. The fraction of sp³-hybridized carbons (Fsp3) is 0.500. The normalized spacial score (nSPS) is 27.3. The Morgan fingerprint density at radius 3 is 2.95 bits per heavy atom. The van der Waals surface area contributed by atoms with Gasteiger partial charge in [0.1, 0.15) is 0 Å². The van der Waals surface area contributed by atoms with Gasteiger partial charge in [-0.2, -0.15) is 0 Å². The van der Waals surface area contributed by atoms with Crippen LogP contribution in [0.5, 0.6) is 0 Å². The van der Waals surface area contributed by atoms with E-state index < -0.39 is 0 Å². The second kappa shape index (κ2) is 4.84. The molecule has 1 saturated heterocycles. The molecule has 2 N–H and O–H groups in total. The van der Waals surface area contributed by atoms with Crippen molar-refractivity contribution >= 4 is 17.5 Å². The fourth-order valence-electron chi connectivity index (χ4n) is 3.26. The van der Waals surface area contributed by atoms with Gasteiger partial charge in [0.2, 0.25) is 5.91 Å². The van der Waals surface area contributed by atoms with Crippen LogP contribution in [0.15, 0.2) is 18.2 Å². The molecule has 3 aliphatic rings. The maximum atomic E-state index is 12.4. The number of carbonyl (C=O) groups excluding carboxylic acids is 2. The first kappa shape index (κ1) is 12.8. The SMILES string of the molecule is O=C1Cc2ccc(C(=O)NC3CCOC3C3CC3)cc2N1. The first-order chi connectivity index (χ1) is 10.2. The fourth-order valence-corrected chi connectivity index (χ4v) is 3.26. The molecule has 0 aromatic heterocycles. The van der Waals surface area contributed by atoms with Crippen LogP contribution in [-0.2, 0) is 16.0 Å². The predicted octanol–water partition coefficient (Wildman–Crippen LogP) is 1.48. The van der Waals surface area contributed by atoms with Crippen LogP contribution in [0.1, 0.15) is 35.2 Å². The summed E-state index contributed by atoms with van der Waals surface area (Å²) in [6.07, 6.45) is 3.89. The number of fused-ring (bicyclic) bond motifs is 1. The number of benzene rings is 1. The van der Waals surface area contributed by atoms with Crippen molar-refractivity contribution in [3.05, 3.63) is 29.3 Å². The third kappa shape index (κ3) is 2.42. The molecule has 1 aromatic rings. The number of amides is 2. The molecule has 0 radical (unpaired) electrons. The summed E-state index contributed by atoms with van der Waals surface area (Å²) >= 11 is 0. The van der Waals surface area contributed by atoms with Crippen molar-refractivity contribution in [2.24, 2.45) is 5.92 Å². The molecule has 4 rings (SSSR count). The Labute approximate surface area is 123 Å². The minimum atomic E-state index is -0.0832. The first-order valence-electron chi connectivity index (χ1n) is 7.56. The van der Waals surface area contributed by atoms with Gasteiger partial charge in [0.05, 0.1) is 18.6 Å². The highest BCUT2D eigenvalue weighted by Gasteiger charge is 2.41. The van der Waals surface area contributed by atoms with Crippen molar-refractivity contribution in [1.29, 1.82) is 0 Å². The summed E-state index contributed by atoms with van der Waals surface area (Å²) in [5.74, 6) is 0.526. The Kier molecular flexibility index (Phi) is 2.96. The molecule has 110 valence electrons. The van der Waals surface area contributed by atoms with Gasteiger partial charge in [-0.3, -0.25) is 9.59 Å². The van der Waals surface area contributed by atoms with Crippen LogP contribution in [0.3, 0.4) is 0 Å². The average molecular weight is 286 g/mol. The van der Waals surface area contributed by atoms with E-state index in [-0.39, 0.29) is 24.0 Å². The molecule has 2 amide bonds. The van der Waals surface area contributed by atoms with Gasteiger partial charge in [-0.1, -0.05) is 6.07 Å². The highest BCUT2D eigenvalue weighted by Crippen LogP contribution is 2.38. The highest BCUT2D eigenvalue weighted by atomic mass is 16.5. The van der Waals surface area contributed by atoms with Crippen LogP contribution in [0.25, 0.3) is 0 Å². The van der Waals surface area contributed by atoms with Crippen LogP contribution < -0.4 is 10.6 Å². The lowest BCUT2D eigenvalue weighted by atomic mass is 10.0. The highest BCUT2D eigenvalue weighted by molar-refractivity contribution is 6.02. The standard InChI is InChI=1S/C16H18N2O3/c19-14-8-10-3-4-11(7-13(10)17-14)16(20)18-12-5-6-21-15(12)9-1-2-9/h3-4,7,9,12,15H,1-2,5-6,8H2,(H,17,19)(H,18,20). The average Bonchev–Trinajstić information content (AvgIpc) is 3.08. The van der Waals surface area contributed by atoms with E-state index in [1.165, 1.54) is 12.8 Å². The largest absolute Gasteiger partial charge is 0.376 e. The number of carbonyl (C=O) groups is 2.